The highest BCUT2D eigenvalue weighted by Crippen LogP contribution is 1.95. The van der Waals surface area contributed by atoms with Crippen molar-refractivity contribution in [1.29, 1.82) is 0 Å². The average molecular weight is 227 g/mol. The topological polar surface area (TPSA) is 158 Å². The molecule has 82 valence electrons. The average Bonchev–Trinajstić information content (AvgIpc) is 2.62. The predicted octanol–water partition coefficient (Wildman–Crippen LogP) is -2.16. The monoisotopic (exact) mass is 227 g/mol. The number of nitrogens with one attached hydrogen (secondary N) is 2. The van der Waals surface area contributed by atoms with Crippen LogP contribution in [0.25, 0.3) is 5.78 Å². The number of hydrogen-bond acceptors (Lipinski definition) is 6. The number of carbonyl (C=O) groups is 1. The van der Waals surface area contributed by atoms with E-state index < -0.39 is 28.1 Å². The number of aromatic nitrogens is 5. The number of fused-ring (bicyclic) bond motifs is 1. The standard InChI is InChI=1S/C5H2N6O5/c12-3-2(11(15)16)7-8-5-6-1(4(13)14)9-10(3)5/h(H,13,14)(H,6,8,9)/p+1. The number of H-pyrrole nitrogens is 2. The van der Waals surface area contributed by atoms with E-state index in [0.29, 0.717) is 4.52 Å². The van der Waals surface area contributed by atoms with E-state index in [-0.39, 0.29) is 5.78 Å². The SMILES string of the molecule is O=C(O)c1[nH]n2c(=O)c([N+](=O)[O-])nnc2[nH+]1. The predicted molar refractivity (Wildman–Crippen MR) is 43.8 cm³/mol. The molecular formula is C5H3N6O5+. The second kappa shape index (κ2) is 3.08. The fraction of sp³-hybridized carbons (Fsp3) is 0. The van der Waals surface area contributed by atoms with Gasteiger partial charge in [0, 0.05) is 0 Å². The van der Waals surface area contributed by atoms with Crippen LogP contribution in [0.3, 0.4) is 0 Å². The van der Waals surface area contributed by atoms with Gasteiger partial charge in [0.25, 0.3) is 0 Å². The zero-order valence-electron chi connectivity index (χ0n) is 7.37. The maximum atomic E-state index is 11.4. The molecule has 0 bridgehead atoms. The van der Waals surface area contributed by atoms with E-state index in [9.17, 15) is 19.7 Å². The number of carboxylic acid groups (broad SMARTS) is 1. The lowest BCUT2D eigenvalue weighted by Crippen LogP contribution is -2.22. The van der Waals surface area contributed by atoms with Crippen molar-refractivity contribution in [3.63, 3.8) is 0 Å². The lowest BCUT2D eigenvalue weighted by atomic mass is 10.6. The second-order valence-corrected chi connectivity index (χ2v) is 2.66. The van der Waals surface area contributed by atoms with Gasteiger partial charge in [0.1, 0.15) is 5.10 Å². The molecule has 2 aromatic heterocycles. The summed E-state index contributed by atoms with van der Waals surface area (Å²) in [4.78, 5) is 33.5. The van der Waals surface area contributed by atoms with E-state index in [1.165, 1.54) is 0 Å². The Hall–Kier alpha value is -2.85. The first-order valence-electron chi connectivity index (χ1n) is 3.79. The number of carboxylic acids is 1. The highest BCUT2D eigenvalue weighted by molar-refractivity contribution is 5.81. The Balaban J connectivity index is 2.80. The Morgan fingerprint density at radius 3 is 2.81 bits per heavy atom. The Bertz CT molecular complexity index is 655. The maximum Gasteiger partial charge on any atom is 0.483 e. The summed E-state index contributed by atoms with van der Waals surface area (Å²) in [5.74, 6) is -3.03. The van der Waals surface area contributed by atoms with Crippen LogP contribution in [0, 0.1) is 10.1 Å². The van der Waals surface area contributed by atoms with Crippen molar-refractivity contribution in [3.05, 3.63) is 26.3 Å². The quantitative estimate of drug-likeness (QED) is 0.436. The Morgan fingerprint density at radius 2 is 2.25 bits per heavy atom. The molecular weight excluding hydrogens is 224 g/mol. The summed E-state index contributed by atoms with van der Waals surface area (Å²) in [7, 11) is 0. The molecule has 0 unspecified atom stereocenters. The van der Waals surface area contributed by atoms with Crippen LogP contribution >= 0.6 is 0 Å². The minimum absolute atomic E-state index is 0.229. The molecule has 3 N–H and O–H groups in total. The van der Waals surface area contributed by atoms with Crippen molar-refractivity contribution in [2.75, 3.05) is 0 Å². The molecule has 0 atom stereocenters. The first-order valence-corrected chi connectivity index (χ1v) is 3.79. The van der Waals surface area contributed by atoms with Gasteiger partial charge in [-0.05, 0) is 4.92 Å². The highest BCUT2D eigenvalue weighted by Gasteiger charge is 2.27. The fourth-order valence-corrected chi connectivity index (χ4v) is 1.03. The largest absolute Gasteiger partial charge is 0.483 e. The van der Waals surface area contributed by atoms with Crippen molar-refractivity contribution >= 4 is 17.6 Å². The molecule has 16 heavy (non-hydrogen) atoms. The van der Waals surface area contributed by atoms with Crippen molar-refractivity contribution < 1.29 is 19.8 Å². The van der Waals surface area contributed by atoms with Crippen molar-refractivity contribution in [3.8, 4) is 0 Å². The molecule has 0 saturated carbocycles. The molecule has 2 rings (SSSR count). The first-order chi connectivity index (χ1) is 7.50. The number of rotatable bonds is 2. The molecule has 11 nitrogen and oxygen atoms in total. The molecule has 0 aliphatic carbocycles. The minimum Gasteiger partial charge on any atom is -0.474 e. The van der Waals surface area contributed by atoms with Gasteiger partial charge in [-0.2, -0.15) is 5.10 Å². The number of nitro groups is 1. The summed E-state index contributed by atoms with van der Waals surface area (Å²) in [5.41, 5.74) is -1.10. The van der Waals surface area contributed by atoms with Crippen molar-refractivity contribution in [1.82, 2.24) is 19.8 Å². The molecule has 0 aliphatic heterocycles. The lowest BCUT2D eigenvalue weighted by molar-refractivity contribution is -0.392. The molecule has 0 radical (unpaired) electrons. The van der Waals surface area contributed by atoms with Crippen molar-refractivity contribution in [2.45, 2.75) is 0 Å². The lowest BCUT2D eigenvalue weighted by Gasteiger charge is -1.84. The molecule has 0 aliphatic rings. The number of aromatic carboxylic acids is 1. The molecule has 0 fully saturated rings. The van der Waals surface area contributed by atoms with Gasteiger partial charge in [-0.1, -0.05) is 4.52 Å². The number of hydrogen-bond donors (Lipinski definition) is 2. The van der Waals surface area contributed by atoms with Gasteiger partial charge >= 0.3 is 28.9 Å². The van der Waals surface area contributed by atoms with Crippen LogP contribution < -0.4 is 10.5 Å². The van der Waals surface area contributed by atoms with E-state index in [1.807, 2.05) is 0 Å². The molecule has 0 amide bonds. The van der Waals surface area contributed by atoms with Gasteiger partial charge < -0.3 is 15.2 Å². The Kier molecular flexibility index (Phi) is 1.87. The molecule has 0 aromatic carbocycles. The Morgan fingerprint density at radius 1 is 1.56 bits per heavy atom. The van der Waals surface area contributed by atoms with Gasteiger partial charge in [0.15, 0.2) is 5.10 Å². The maximum absolute atomic E-state index is 11.4. The van der Waals surface area contributed by atoms with E-state index in [4.69, 9.17) is 5.11 Å². The van der Waals surface area contributed by atoms with Crippen molar-refractivity contribution in [2.24, 2.45) is 0 Å². The summed E-state index contributed by atoms with van der Waals surface area (Å²) in [6.45, 7) is 0. The van der Waals surface area contributed by atoms with Crippen LogP contribution in [0.2, 0.25) is 0 Å². The van der Waals surface area contributed by atoms with Crippen LogP contribution in [-0.2, 0) is 0 Å². The third kappa shape index (κ3) is 1.26. The normalized spacial score (nSPS) is 10.5. The summed E-state index contributed by atoms with van der Waals surface area (Å²) in [6.07, 6.45) is 0. The van der Waals surface area contributed by atoms with E-state index in [2.05, 4.69) is 20.3 Å². The summed E-state index contributed by atoms with van der Waals surface area (Å²) >= 11 is 0. The second-order valence-electron chi connectivity index (χ2n) is 2.66. The van der Waals surface area contributed by atoms with Gasteiger partial charge in [-0.15, -0.1) is 0 Å². The van der Waals surface area contributed by atoms with Crippen LogP contribution in [0.5, 0.6) is 0 Å². The fourth-order valence-electron chi connectivity index (χ4n) is 1.03. The van der Waals surface area contributed by atoms with Crippen LogP contribution in [0.15, 0.2) is 4.79 Å². The summed E-state index contributed by atoms with van der Waals surface area (Å²) in [6, 6.07) is 0. The van der Waals surface area contributed by atoms with E-state index in [0.717, 1.165) is 0 Å². The third-order valence-corrected chi connectivity index (χ3v) is 1.69. The molecule has 11 heteroatoms. The van der Waals surface area contributed by atoms with Crippen LogP contribution in [0.4, 0.5) is 5.82 Å². The Labute approximate surface area is 84.5 Å². The summed E-state index contributed by atoms with van der Waals surface area (Å²) in [5, 5.41) is 27.4. The minimum atomic E-state index is -1.37. The first kappa shape index (κ1) is 9.70. The van der Waals surface area contributed by atoms with Crippen LogP contribution in [-0.4, -0.2) is 35.8 Å². The molecule has 2 heterocycles. The zero-order valence-corrected chi connectivity index (χ0v) is 7.37. The van der Waals surface area contributed by atoms with Crippen LogP contribution in [0.1, 0.15) is 10.6 Å². The van der Waals surface area contributed by atoms with E-state index >= 15 is 0 Å². The zero-order chi connectivity index (χ0) is 11.9. The number of nitrogens with zero attached hydrogens (tertiary/aromatic N) is 4. The van der Waals surface area contributed by atoms with Gasteiger partial charge in [-0.25, -0.2) is 14.6 Å². The van der Waals surface area contributed by atoms with E-state index in [1.54, 1.807) is 0 Å². The molecule has 0 saturated heterocycles. The third-order valence-electron chi connectivity index (χ3n) is 1.69. The van der Waals surface area contributed by atoms with Gasteiger partial charge in [0.2, 0.25) is 0 Å². The molecule has 2 aromatic rings. The highest BCUT2D eigenvalue weighted by atomic mass is 16.6. The summed E-state index contributed by atoms with van der Waals surface area (Å²) < 4.78 is 0.592. The molecule has 0 spiro atoms. The smallest absolute Gasteiger partial charge is 0.474 e. The number of aromatic amines is 2. The van der Waals surface area contributed by atoms with Gasteiger partial charge in [0.05, 0.1) is 0 Å². The van der Waals surface area contributed by atoms with Gasteiger partial charge in [-0.3, -0.25) is 0 Å².